The van der Waals surface area contributed by atoms with Crippen LogP contribution in [0, 0.1) is 6.92 Å². The normalized spacial score (nSPS) is 15.1. The molecule has 1 saturated heterocycles. The maximum Gasteiger partial charge on any atom is 0.139 e. The number of piperidine rings is 1. The number of aryl methyl sites for hydroxylation is 1. The van der Waals surface area contributed by atoms with E-state index in [9.17, 15) is 4.57 Å². The van der Waals surface area contributed by atoms with Crippen molar-refractivity contribution in [2.45, 2.75) is 25.8 Å². The number of para-hydroxylation sites is 1. The summed E-state index contributed by atoms with van der Waals surface area (Å²) in [7, 11) is 1.93. The van der Waals surface area contributed by atoms with E-state index in [4.69, 9.17) is 0 Å². The Kier molecular flexibility index (Phi) is 6.67. The molecule has 4 aromatic rings. The maximum absolute atomic E-state index is 12.9. The first-order chi connectivity index (χ1) is 17.2. The molecule has 7 heteroatoms. The van der Waals surface area contributed by atoms with E-state index in [0.29, 0.717) is 6.04 Å². The first-order valence-corrected chi connectivity index (χ1v) is 15.2. The van der Waals surface area contributed by atoms with Crippen molar-refractivity contribution in [3.63, 3.8) is 0 Å². The van der Waals surface area contributed by atoms with Crippen molar-refractivity contribution >= 4 is 40.5 Å². The van der Waals surface area contributed by atoms with Gasteiger partial charge in [0.25, 0.3) is 0 Å². The lowest BCUT2D eigenvalue weighted by atomic mass is 10.0. The van der Waals surface area contributed by atoms with Crippen LogP contribution < -0.4 is 15.5 Å². The molecule has 0 spiro atoms. The molecular formula is C29H36N5OP. The predicted octanol–water partition coefficient (Wildman–Crippen LogP) is 6.06. The van der Waals surface area contributed by atoms with E-state index in [1.54, 1.807) is 0 Å². The molecule has 0 saturated carbocycles. The molecule has 1 aliphatic heterocycles. The average molecular weight is 502 g/mol. The lowest BCUT2D eigenvalue weighted by Crippen LogP contribution is -2.41. The Bertz CT molecular complexity index is 1410. The number of benzene rings is 2. The second-order valence-electron chi connectivity index (χ2n) is 10.5. The summed E-state index contributed by atoms with van der Waals surface area (Å²) in [6.45, 7) is 7.86. The molecule has 5 rings (SSSR count). The van der Waals surface area contributed by atoms with Crippen molar-refractivity contribution in [3.05, 3.63) is 66.4 Å². The highest BCUT2D eigenvalue weighted by Crippen LogP contribution is 2.39. The van der Waals surface area contributed by atoms with Gasteiger partial charge in [0.1, 0.15) is 12.8 Å². The summed E-state index contributed by atoms with van der Waals surface area (Å²) >= 11 is 0. The van der Waals surface area contributed by atoms with Gasteiger partial charge in [-0.05, 0) is 88.6 Å². The van der Waals surface area contributed by atoms with E-state index < -0.39 is 7.14 Å². The Balaban J connectivity index is 1.42. The van der Waals surface area contributed by atoms with Crippen LogP contribution in [0.2, 0.25) is 0 Å². The fourth-order valence-electron chi connectivity index (χ4n) is 5.17. The summed E-state index contributed by atoms with van der Waals surface area (Å²) in [5, 5.41) is 5.46. The molecule has 0 amide bonds. The SMILES string of the molecule is Cc1cnc2[nH]c(-c3ccc(N4CCC(N(C)C)CC4)cc3)cc2c1Nc1ccccc1P(C)(C)=O. The largest absolute Gasteiger partial charge is 0.371 e. The highest BCUT2D eigenvalue weighted by atomic mass is 31.2. The lowest BCUT2D eigenvalue weighted by Gasteiger charge is -2.36. The van der Waals surface area contributed by atoms with Crippen molar-refractivity contribution < 1.29 is 4.57 Å². The smallest absolute Gasteiger partial charge is 0.139 e. The van der Waals surface area contributed by atoms with E-state index in [1.165, 1.54) is 18.5 Å². The monoisotopic (exact) mass is 501 g/mol. The van der Waals surface area contributed by atoms with Gasteiger partial charge in [0.05, 0.1) is 5.69 Å². The number of pyridine rings is 1. The Morgan fingerprint density at radius 1 is 1.06 bits per heavy atom. The first kappa shape index (κ1) is 24.6. The van der Waals surface area contributed by atoms with Crippen molar-refractivity contribution in [1.82, 2.24) is 14.9 Å². The zero-order valence-electron chi connectivity index (χ0n) is 21.9. The molecule has 0 aliphatic carbocycles. The van der Waals surface area contributed by atoms with Crippen LogP contribution in [0.15, 0.2) is 60.8 Å². The summed E-state index contributed by atoms with van der Waals surface area (Å²) in [6.07, 6.45) is 4.28. The Morgan fingerprint density at radius 3 is 2.42 bits per heavy atom. The van der Waals surface area contributed by atoms with Crippen LogP contribution in [-0.4, -0.2) is 61.4 Å². The third-order valence-corrected chi connectivity index (χ3v) is 8.88. The fraction of sp³-hybridized carbons (Fsp3) is 0.345. The lowest BCUT2D eigenvalue weighted by molar-refractivity contribution is 0.249. The molecule has 188 valence electrons. The number of nitrogens with zero attached hydrogens (tertiary/aromatic N) is 3. The average Bonchev–Trinajstić information content (AvgIpc) is 3.30. The van der Waals surface area contributed by atoms with Crippen LogP contribution in [-0.2, 0) is 4.57 Å². The summed E-state index contributed by atoms with van der Waals surface area (Å²) < 4.78 is 12.9. The number of anilines is 3. The summed E-state index contributed by atoms with van der Waals surface area (Å²) in [6, 6.07) is 19.5. The second-order valence-corrected chi connectivity index (χ2v) is 13.7. The molecule has 0 atom stereocenters. The van der Waals surface area contributed by atoms with Gasteiger partial charge in [-0.1, -0.05) is 24.3 Å². The van der Waals surface area contributed by atoms with Gasteiger partial charge in [-0.2, -0.15) is 0 Å². The summed E-state index contributed by atoms with van der Waals surface area (Å²) in [5.74, 6) is 0. The summed E-state index contributed by atoms with van der Waals surface area (Å²) in [4.78, 5) is 13.0. The minimum atomic E-state index is -2.43. The van der Waals surface area contributed by atoms with Crippen LogP contribution in [0.5, 0.6) is 0 Å². The van der Waals surface area contributed by atoms with Crippen molar-refractivity contribution in [3.8, 4) is 11.3 Å². The van der Waals surface area contributed by atoms with E-state index in [2.05, 4.69) is 76.4 Å². The number of rotatable bonds is 6. The Morgan fingerprint density at radius 2 is 1.75 bits per heavy atom. The minimum Gasteiger partial charge on any atom is -0.371 e. The quantitative estimate of drug-likeness (QED) is 0.315. The van der Waals surface area contributed by atoms with Crippen molar-refractivity contribution in [1.29, 1.82) is 0 Å². The molecule has 1 aliphatic rings. The number of hydrogen-bond donors (Lipinski definition) is 2. The van der Waals surface area contributed by atoms with Crippen LogP contribution >= 0.6 is 7.14 Å². The topological polar surface area (TPSA) is 64.3 Å². The van der Waals surface area contributed by atoms with E-state index in [-0.39, 0.29) is 0 Å². The molecule has 1 fully saturated rings. The van der Waals surface area contributed by atoms with Gasteiger partial charge in [0.2, 0.25) is 0 Å². The fourth-order valence-corrected chi connectivity index (χ4v) is 6.33. The molecule has 0 unspecified atom stereocenters. The van der Waals surface area contributed by atoms with Gasteiger partial charge in [0, 0.05) is 53.1 Å². The van der Waals surface area contributed by atoms with E-state index in [1.807, 2.05) is 43.8 Å². The third kappa shape index (κ3) is 4.93. The number of aromatic nitrogens is 2. The van der Waals surface area contributed by atoms with Crippen LogP contribution in [0.4, 0.5) is 17.1 Å². The molecule has 2 aromatic heterocycles. The van der Waals surface area contributed by atoms with Gasteiger partial charge in [-0.15, -0.1) is 0 Å². The van der Waals surface area contributed by atoms with E-state index >= 15 is 0 Å². The predicted molar refractivity (Wildman–Crippen MR) is 154 cm³/mol. The van der Waals surface area contributed by atoms with Gasteiger partial charge >= 0.3 is 0 Å². The number of H-pyrrole nitrogens is 1. The van der Waals surface area contributed by atoms with Crippen molar-refractivity contribution in [2.75, 3.05) is 50.7 Å². The van der Waals surface area contributed by atoms with Crippen LogP contribution in [0.1, 0.15) is 18.4 Å². The molecule has 2 N–H and O–H groups in total. The number of hydrogen-bond acceptors (Lipinski definition) is 5. The number of nitrogens with one attached hydrogen (secondary N) is 2. The molecular weight excluding hydrogens is 465 g/mol. The van der Waals surface area contributed by atoms with Crippen LogP contribution in [0.3, 0.4) is 0 Å². The molecule has 0 bridgehead atoms. The van der Waals surface area contributed by atoms with Crippen molar-refractivity contribution in [2.24, 2.45) is 0 Å². The maximum atomic E-state index is 12.9. The zero-order chi connectivity index (χ0) is 25.4. The van der Waals surface area contributed by atoms with Gasteiger partial charge in [0.15, 0.2) is 0 Å². The molecule has 36 heavy (non-hydrogen) atoms. The van der Waals surface area contributed by atoms with Gasteiger partial charge in [-0.3, -0.25) is 0 Å². The highest BCUT2D eigenvalue weighted by Gasteiger charge is 2.21. The van der Waals surface area contributed by atoms with E-state index in [0.717, 1.165) is 57.6 Å². The Hall–Kier alpha value is -3.08. The minimum absolute atomic E-state index is 0.680. The zero-order valence-corrected chi connectivity index (χ0v) is 22.8. The number of fused-ring (bicyclic) bond motifs is 1. The third-order valence-electron chi connectivity index (χ3n) is 7.33. The first-order valence-electron chi connectivity index (χ1n) is 12.6. The van der Waals surface area contributed by atoms with Crippen LogP contribution in [0.25, 0.3) is 22.3 Å². The van der Waals surface area contributed by atoms with Gasteiger partial charge in [-0.25, -0.2) is 4.98 Å². The molecule has 3 heterocycles. The molecule has 0 radical (unpaired) electrons. The molecule has 6 nitrogen and oxygen atoms in total. The standard InChI is InChI=1S/C29H36N5OP/c1-20-19-30-29-24(28(20)31-25-8-6-7-9-27(25)36(4,5)35)18-26(32-29)21-10-12-23(13-11-21)34-16-14-22(15-17-34)33(2)3/h6-13,18-19,22H,14-17H2,1-5H3,(H2,30,31,32). The van der Waals surface area contributed by atoms with Gasteiger partial charge < -0.3 is 24.7 Å². The number of aromatic amines is 1. The highest BCUT2D eigenvalue weighted by molar-refractivity contribution is 7.70. The molecule has 2 aromatic carbocycles. The summed E-state index contributed by atoms with van der Waals surface area (Å²) in [5.41, 5.74) is 7.20. The second kappa shape index (κ2) is 9.76. The Labute approximate surface area is 214 Å².